The van der Waals surface area contributed by atoms with Gasteiger partial charge in [-0.3, -0.25) is 9.69 Å². The summed E-state index contributed by atoms with van der Waals surface area (Å²) in [4.78, 5) is 26.9. The van der Waals surface area contributed by atoms with Crippen LogP contribution in [0, 0.1) is 0 Å². The van der Waals surface area contributed by atoms with E-state index in [1.807, 2.05) is 0 Å². The molecule has 1 aliphatic rings. The molecule has 1 aliphatic heterocycles. The Morgan fingerprint density at radius 3 is 1.97 bits per heavy atom. The number of hydrogen-bond donors (Lipinski definition) is 0. The van der Waals surface area contributed by atoms with Crippen molar-refractivity contribution in [1.82, 2.24) is 0 Å². The van der Waals surface area contributed by atoms with Crippen molar-refractivity contribution in [2.24, 2.45) is 0 Å². The SMILES string of the molecule is COc1c(Cl)cc(C(=O)Oc2c(Cl)cc(C(=O)N3CS(=O)(=O)c4ccccc43)cc2Cl)cc1Cl. The molecule has 3 aromatic rings. The van der Waals surface area contributed by atoms with Crippen molar-refractivity contribution >= 4 is 73.8 Å². The third-order valence-electron chi connectivity index (χ3n) is 4.91. The molecule has 0 aliphatic carbocycles. The number of amides is 1. The number of anilines is 1. The first-order valence-corrected chi connectivity index (χ1v) is 12.6. The minimum absolute atomic E-state index is 0.0113. The Morgan fingerprint density at radius 1 is 0.853 bits per heavy atom. The average Bonchev–Trinajstić information content (AvgIpc) is 3.06. The quantitative estimate of drug-likeness (QED) is 0.290. The summed E-state index contributed by atoms with van der Waals surface area (Å²) in [6.07, 6.45) is 0. The fourth-order valence-corrected chi connectivity index (χ4v) is 6.10. The summed E-state index contributed by atoms with van der Waals surface area (Å²) >= 11 is 24.6. The molecule has 0 atom stereocenters. The molecule has 176 valence electrons. The molecule has 12 heteroatoms. The Hall–Kier alpha value is -2.49. The van der Waals surface area contributed by atoms with Crippen molar-refractivity contribution in [3.05, 3.63) is 79.7 Å². The second-order valence-corrected chi connectivity index (χ2v) is 10.6. The minimum Gasteiger partial charge on any atom is -0.494 e. The lowest BCUT2D eigenvalue weighted by atomic mass is 10.1. The van der Waals surface area contributed by atoms with Crippen LogP contribution in [0.4, 0.5) is 5.69 Å². The molecular formula is C22H13Cl4NO6S. The summed E-state index contributed by atoms with van der Waals surface area (Å²) in [5.74, 6) is -2.00. The Morgan fingerprint density at radius 2 is 1.38 bits per heavy atom. The number of hydrogen-bond acceptors (Lipinski definition) is 6. The van der Waals surface area contributed by atoms with E-state index in [9.17, 15) is 18.0 Å². The summed E-state index contributed by atoms with van der Waals surface area (Å²) in [7, 11) is -2.28. The van der Waals surface area contributed by atoms with E-state index in [1.165, 1.54) is 43.5 Å². The number of fused-ring (bicyclic) bond motifs is 1. The van der Waals surface area contributed by atoms with Crippen LogP contribution < -0.4 is 14.4 Å². The lowest BCUT2D eigenvalue weighted by Gasteiger charge is -2.17. The van der Waals surface area contributed by atoms with Crippen LogP contribution in [0.25, 0.3) is 0 Å². The van der Waals surface area contributed by atoms with Crippen LogP contribution >= 0.6 is 46.4 Å². The molecule has 0 unspecified atom stereocenters. The number of sulfone groups is 1. The first-order valence-electron chi connectivity index (χ1n) is 9.41. The fraction of sp³-hybridized carbons (Fsp3) is 0.0909. The topological polar surface area (TPSA) is 90.0 Å². The first-order chi connectivity index (χ1) is 16.0. The van der Waals surface area contributed by atoms with E-state index >= 15 is 0 Å². The molecule has 0 N–H and O–H groups in total. The number of ether oxygens (including phenoxy) is 2. The Balaban J connectivity index is 1.62. The zero-order chi connectivity index (χ0) is 24.8. The van der Waals surface area contributed by atoms with Crippen LogP contribution in [0.15, 0.2) is 53.4 Å². The van der Waals surface area contributed by atoms with Gasteiger partial charge in [-0.05, 0) is 36.4 Å². The van der Waals surface area contributed by atoms with E-state index in [4.69, 9.17) is 55.9 Å². The number of carbonyl (C=O) groups is 2. The van der Waals surface area contributed by atoms with E-state index in [-0.39, 0.29) is 53.3 Å². The third kappa shape index (κ3) is 4.44. The highest BCUT2D eigenvalue weighted by Gasteiger charge is 2.36. The van der Waals surface area contributed by atoms with Gasteiger partial charge in [0.05, 0.1) is 43.3 Å². The number of para-hydroxylation sites is 1. The van der Waals surface area contributed by atoms with E-state index in [1.54, 1.807) is 12.1 Å². The summed E-state index contributed by atoms with van der Waals surface area (Å²) in [5.41, 5.74) is 0.280. The van der Waals surface area contributed by atoms with E-state index < -0.39 is 27.6 Å². The van der Waals surface area contributed by atoms with Gasteiger partial charge in [-0.2, -0.15) is 0 Å². The second kappa shape index (κ2) is 9.28. The number of halogens is 4. The fourth-order valence-electron chi connectivity index (χ4n) is 3.38. The zero-order valence-electron chi connectivity index (χ0n) is 17.1. The monoisotopic (exact) mass is 559 g/mol. The zero-order valence-corrected chi connectivity index (χ0v) is 21.0. The van der Waals surface area contributed by atoms with E-state index in [0.29, 0.717) is 0 Å². The maximum Gasteiger partial charge on any atom is 0.343 e. The highest BCUT2D eigenvalue weighted by Crippen LogP contribution is 2.39. The molecule has 3 aromatic carbocycles. The van der Waals surface area contributed by atoms with Crippen LogP contribution in [0.3, 0.4) is 0 Å². The molecule has 1 amide bonds. The van der Waals surface area contributed by atoms with Crippen molar-refractivity contribution in [3.63, 3.8) is 0 Å². The number of methoxy groups -OCH3 is 1. The standard InChI is InChI=1S/C22H13Cl4NO6S/c1-32-19-13(23)8-12(9-14(19)24)22(29)33-20-15(25)6-11(7-16(20)26)21(28)27-10-34(30,31)18-5-3-2-4-17(18)27/h2-9H,10H2,1H3. The molecule has 4 rings (SSSR count). The number of benzene rings is 3. The van der Waals surface area contributed by atoms with Crippen molar-refractivity contribution in [2.45, 2.75) is 4.90 Å². The molecular weight excluding hydrogens is 548 g/mol. The number of rotatable bonds is 4. The molecule has 0 aromatic heterocycles. The highest BCUT2D eigenvalue weighted by molar-refractivity contribution is 7.92. The van der Waals surface area contributed by atoms with Crippen LogP contribution in [0.5, 0.6) is 11.5 Å². The van der Waals surface area contributed by atoms with Gasteiger partial charge in [0.15, 0.2) is 21.3 Å². The maximum absolute atomic E-state index is 13.1. The van der Waals surface area contributed by atoms with Gasteiger partial charge in [0, 0.05) is 5.56 Å². The van der Waals surface area contributed by atoms with Crippen LogP contribution in [0.1, 0.15) is 20.7 Å². The van der Waals surface area contributed by atoms with Gasteiger partial charge in [0.2, 0.25) is 0 Å². The largest absolute Gasteiger partial charge is 0.494 e. The molecule has 0 fully saturated rings. The maximum atomic E-state index is 13.1. The van der Waals surface area contributed by atoms with Crippen molar-refractivity contribution in [2.75, 3.05) is 17.9 Å². The smallest absolute Gasteiger partial charge is 0.343 e. The van der Waals surface area contributed by atoms with Crippen LogP contribution in [-0.2, 0) is 9.84 Å². The van der Waals surface area contributed by atoms with Gasteiger partial charge in [0.25, 0.3) is 5.91 Å². The van der Waals surface area contributed by atoms with Crippen molar-refractivity contribution in [1.29, 1.82) is 0 Å². The summed E-state index contributed by atoms with van der Waals surface area (Å²) in [6.45, 7) is 0. The average molecular weight is 561 g/mol. The van der Waals surface area contributed by atoms with Crippen molar-refractivity contribution in [3.8, 4) is 11.5 Å². The minimum atomic E-state index is -3.66. The number of nitrogens with zero attached hydrogens (tertiary/aromatic N) is 1. The third-order valence-corrected chi connectivity index (χ3v) is 7.65. The summed E-state index contributed by atoms with van der Waals surface area (Å²) < 4.78 is 35.2. The van der Waals surface area contributed by atoms with Crippen molar-refractivity contribution < 1.29 is 27.5 Å². The molecule has 7 nitrogen and oxygen atoms in total. The number of esters is 1. The van der Waals surface area contributed by atoms with Gasteiger partial charge >= 0.3 is 5.97 Å². The molecule has 0 saturated carbocycles. The number of carbonyl (C=O) groups excluding carboxylic acids is 2. The molecule has 0 radical (unpaired) electrons. The summed E-state index contributed by atoms with van der Waals surface area (Å²) in [5, 5.41) is -0.0719. The molecule has 0 spiro atoms. The van der Waals surface area contributed by atoms with E-state index in [2.05, 4.69) is 0 Å². The highest BCUT2D eigenvalue weighted by atomic mass is 35.5. The Kier molecular flexibility index (Phi) is 6.72. The lowest BCUT2D eigenvalue weighted by Crippen LogP contribution is -2.30. The van der Waals surface area contributed by atoms with E-state index in [0.717, 1.165) is 4.90 Å². The molecule has 0 bridgehead atoms. The summed E-state index contributed by atoms with van der Waals surface area (Å²) in [6, 6.07) is 11.2. The lowest BCUT2D eigenvalue weighted by molar-refractivity contribution is 0.0735. The van der Waals surface area contributed by atoms with Gasteiger partial charge in [-0.15, -0.1) is 0 Å². The second-order valence-electron chi connectivity index (χ2n) is 7.08. The van der Waals surface area contributed by atoms with Crippen LogP contribution in [0.2, 0.25) is 20.1 Å². The molecule has 1 heterocycles. The van der Waals surface area contributed by atoms with Gasteiger partial charge in [0.1, 0.15) is 5.88 Å². The Bertz CT molecular complexity index is 1410. The molecule has 34 heavy (non-hydrogen) atoms. The van der Waals surface area contributed by atoms with Crippen LogP contribution in [-0.4, -0.2) is 33.3 Å². The van der Waals surface area contributed by atoms with Gasteiger partial charge < -0.3 is 9.47 Å². The predicted molar refractivity (Wildman–Crippen MR) is 130 cm³/mol. The predicted octanol–water partition coefficient (Wildman–Crippen LogP) is 5.92. The van der Waals surface area contributed by atoms with Gasteiger partial charge in [-0.1, -0.05) is 58.5 Å². The molecule has 0 saturated heterocycles. The Labute approximate surface area is 214 Å². The normalized spacial score (nSPS) is 14.0. The van der Waals surface area contributed by atoms with Gasteiger partial charge in [-0.25, -0.2) is 13.2 Å². The first kappa shape index (κ1) is 24.6.